The average molecular weight is 523 g/mol. The molecule has 0 aliphatic carbocycles. The molecule has 0 bridgehead atoms. The van der Waals surface area contributed by atoms with Gasteiger partial charge < -0.3 is 19.9 Å². The molecule has 11 heteroatoms. The Balaban J connectivity index is 1.58. The Bertz CT molecular complexity index is 1230. The number of rotatable bonds is 8. The number of carbonyl (C=O) groups excluding carboxylic acids is 2. The average Bonchev–Trinajstić information content (AvgIpc) is 2.79. The van der Waals surface area contributed by atoms with Gasteiger partial charge in [0.15, 0.2) is 6.61 Å². The van der Waals surface area contributed by atoms with Crippen LogP contribution in [-0.4, -0.2) is 36.9 Å². The first-order valence-electron chi connectivity index (χ1n) is 9.64. The van der Waals surface area contributed by atoms with E-state index in [9.17, 15) is 14.7 Å². The molecule has 8 nitrogen and oxygen atoms in total. The summed E-state index contributed by atoms with van der Waals surface area (Å²) in [6.45, 7) is -0.258. The molecule has 0 fully saturated rings. The molecule has 34 heavy (non-hydrogen) atoms. The van der Waals surface area contributed by atoms with Crippen molar-refractivity contribution in [2.24, 2.45) is 5.10 Å². The fourth-order valence-electron chi connectivity index (χ4n) is 2.73. The van der Waals surface area contributed by atoms with Gasteiger partial charge in [-0.2, -0.15) is 5.10 Å². The van der Waals surface area contributed by atoms with Gasteiger partial charge in [-0.15, -0.1) is 0 Å². The Labute approximate surface area is 210 Å². The van der Waals surface area contributed by atoms with Crippen molar-refractivity contribution in [2.45, 2.75) is 0 Å². The minimum atomic E-state index is -0.510. The summed E-state index contributed by atoms with van der Waals surface area (Å²) in [5.74, 6) is -0.245. The molecule has 0 heterocycles. The van der Waals surface area contributed by atoms with Crippen LogP contribution in [0.4, 0.5) is 5.69 Å². The highest BCUT2D eigenvalue weighted by Crippen LogP contribution is 2.25. The molecule has 0 saturated heterocycles. The molecular weight excluding hydrogens is 505 g/mol. The van der Waals surface area contributed by atoms with E-state index in [-0.39, 0.29) is 22.9 Å². The third kappa shape index (κ3) is 7.02. The number of nitrogens with zero attached hydrogens (tertiary/aromatic N) is 1. The second-order valence-electron chi connectivity index (χ2n) is 6.76. The fraction of sp³-hybridized carbons (Fsp3) is 0.0870. The lowest BCUT2D eigenvalue weighted by atomic mass is 10.2. The normalized spacial score (nSPS) is 10.7. The van der Waals surface area contributed by atoms with Gasteiger partial charge >= 0.3 is 0 Å². The van der Waals surface area contributed by atoms with Crippen molar-refractivity contribution in [3.8, 4) is 17.2 Å². The van der Waals surface area contributed by atoms with Crippen LogP contribution in [0.5, 0.6) is 17.2 Å². The zero-order valence-electron chi connectivity index (χ0n) is 17.6. The number of benzene rings is 3. The van der Waals surface area contributed by atoms with Crippen molar-refractivity contribution in [3.63, 3.8) is 0 Å². The molecular formula is C23H18Cl3N3O5. The summed E-state index contributed by atoms with van der Waals surface area (Å²) >= 11 is 17.7. The molecule has 0 spiro atoms. The van der Waals surface area contributed by atoms with Crippen molar-refractivity contribution >= 4 is 58.5 Å². The highest BCUT2D eigenvalue weighted by atomic mass is 35.5. The van der Waals surface area contributed by atoms with Crippen LogP contribution in [0.1, 0.15) is 15.9 Å². The highest BCUT2D eigenvalue weighted by Gasteiger charge is 2.10. The van der Waals surface area contributed by atoms with Gasteiger partial charge in [-0.05, 0) is 48.5 Å². The number of hydrogen-bond acceptors (Lipinski definition) is 6. The van der Waals surface area contributed by atoms with E-state index in [1.807, 2.05) is 0 Å². The number of nitrogens with one attached hydrogen (secondary N) is 2. The van der Waals surface area contributed by atoms with Gasteiger partial charge in [0.05, 0.1) is 18.3 Å². The van der Waals surface area contributed by atoms with Crippen molar-refractivity contribution in [2.75, 3.05) is 19.0 Å². The van der Waals surface area contributed by atoms with Gasteiger partial charge in [-0.3, -0.25) is 9.59 Å². The van der Waals surface area contributed by atoms with Gasteiger partial charge in [0.2, 0.25) is 0 Å². The number of ether oxygens (including phenoxy) is 2. The predicted octanol–water partition coefficient (Wildman–Crippen LogP) is 5.14. The van der Waals surface area contributed by atoms with E-state index in [4.69, 9.17) is 44.3 Å². The second-order valence-corrected chi connectivity index (χ2v) is 8.04. The molecule has 0 aliphatic rings. The van der Waals surface area contributed by atoms with Gasteiger partial charge in [-0.25, -0.2) is 5.43 Å². The van der Waals surface area contributed by atoms with Gasteiger partial charge in [0.1, 0.15) is 17.2 Å². The van der Waals surface area contributed by atoms with E-state index >= 15 is 0 Å². The summed E-state index contributed by atoms with van der Waals surface area (Å²) in [5, 5.41) is 16.8. The van der Waals surface area contributed by atoms with Crippen LogP contribution in [0.3, 0.4) is 0 Å². The minimum absolute atomic E-state index is 0.0546. The van der Waals surface area contributed by atoms with Crippen LogP contribution in [0.25, 0.3) is 0 Å². The standard InChI is InChI=1S/C23H18Cl3N3O5/c1-33-21-10-18(34-12-22(31)28-17-8-15(24)7-16(25)9-17)4-2-14(21)11-27-29-23(32)13-3-5-20(30)19(26)6-13/h2-11,30H,12H2,1H3,(H,28,31)(H,29,32)/b27-11+. The maximum absolute atomic E-state index is 12.2. The van der Waals surface area contributed by atoms with Crippen LogP contribution in [0.15, 0.2) is 59.7 Å². The quantitative estimate of drug-likeness (QED) is 0.280. The lowest BCUT2D eigenvalue weighted by Crippen LogP contribution is -2.20. The maximum Gasteiger partial charge on any atom is 0.271 e. The number of phenolic OH excluding ortho intramolecular Hbond substituents is 1. The molecule has 3 rings (SSSR count). The van der Waals surface area contributed by atoms with Crippen molar-refractivity contribution in [1.29, 1.82) is 0 Å². The van der Waals surface area contributed by atoms with Gasteiger partial charge in [0, 0.05) is 32.9 Å². The van der Waals surface area contributed by atoms with E-state index in [0.29, 0.717) is 32.8 Å². The number of aromatic hydroxyl groups is 1. The lowest BCUT2D eigenvalue weighted by molar-refractivity contribution is -0.118. The van der Waals surface area contributed by atoms with Crippen LogP contribution in [0.2, 0.25) is 15.1 Å². The number of carbonyl (C=O) groups is 2. The Morgan fingerprint density at radius 1 is 1.03 bits per heavy atom. The monoisotopic (exact) mass is 521 g/mol. The van der Waals surface area contributed by atoms with Crippen molar-refractivity contribution in [1.82, 2.24) is 5.43 Å². The lowest BCUT2D eigenvalue weighted by Gasteiger charge is -2.10. The second kappa shape index (κ2) is 11.6. The first-order chi connectivity index (χ1) is 16.2. The molecule has 0 saturated carbocycles. The molecule has 0 aromatic heterocycles. The molecule has 176 valence electrons. The number of methoxy groups -OCH3 is 1. The zero-order chi connectivity index (χ0) is 24.7. The Morgan fingerprint density at radius 3 is 2.44 bits per heavy atom. The van der Waals surface area contributed by atoms with Crippen LogP contribution in [0, 0.1) is 0 Å². The summed E-state index contributed by atoms with van der Waals surface area (Å²) < 4.78 is 10.8. The number of hydrogen-bond donors (Lipinski definition) is 3. The summed E-state index contributed by atoms with van der Waals surface area (Å²) in [5.41, 5.74) is 3.60. The topological polar surface area (TPSA) is 109 Å². The van der Waals surface area contributed by atoms with Crippen molar-refractivity contribution in [3.05, 3.63) is 80.8 Å². The largest absolute Gasteiger partial charge is 0.506 e. The molecule has 3 N–H and O–H groups in total. The Kier molecular flexibility index (Phi) is 8.59. The van der Waals surface area contributed by atoms with Gasteiger partial charge in [-0.1, -0.05) is 34.8 Å². The molecule has 0 unspecified atom stereocenters. The SMILES string of the molecule is COc1cc(OCC(=O)Nc2cc(Cl)cc(Cl)c2)ccc1/C=N/NC(=O)c1ccc(O)c(Cl)c1. The summed E-state index contributed by atoms with van der Waals surface area (Å²) in [6.07, 6.45) is 1.39. The Hall–Kier alpha value is -3.46. The van der Waals surface area contributed by atoms with Gasteiger partial charge in [0.25, 0.3) is 11.8 Å². The third-order valence-corrected chi connectivity index (χ3v) is 5.04. The van der Waals surface area contributed by atoms with Crippen LogP contribution in [-0.2, 0) is 4.79 Å². The van der Waals surface area contributed by atoms with E-state index in [2.05, 4.69) is 15.8 Å². The zero-order valence-corrected chi connectivity index (χ0v) is 19.9. The summed E-state index contributed by atoms with van der Waals surface area (Å²) in [6, 6.07) is 13.6. The van der Waals surface area contributed by atoms with E-state index in [1.54, 1.807) is 36.4 Å². The molecule has 0 radical (unpaired) electrons. The number of anilines is 1. The van der Waals surface area contributed by atoms with Crippen molar-refractivity contribution < 1.29 is 24.2 Å². The van der Waals surface area contributed by atoms with E-state index in [0.717, 1.165) is 0 Å². The first-order valence-corrected chi connectivity index (χ1v) is 10.8. The number of phenols is 1. The number of hydrazone groups is 1. The summed E-state index contributed by atoms with van der Waals surface area (Å²) in [4.78, 5) is 24.3. The highest BCUT2D eigenvalue weighted by molar-refractivity contribution is 6.35. The first kappa shape index (κ1) is 25.2. The number of amides is 2. The molecule has 3 aromatic carbocycles. The molecule has 3 aromatic rings. The molecule has 2 amide bonds. The summed E-state index contributed by atoms with van der Waals surface area (Å²) in [7, 11) is 1.46. The van der Waals surface area contributed by atoms with E-state index < -0.39 is 11.8 Å². The molecule has 0 atom stereocenters. The minimum Gasteiger partial charge on any atom is -0.506 e. The molecule has 0 aliphatic heterocycles. The predicted molar refractivity (Wildman–Crippen MR) is 132 cm³/mol. The smallest absolute Gasteiger partial charge is 0.271 e. The maximum atomic E-state index is 12.2. The van der Waals surface area contributed by atoms with Crippen LogP contribution < -0.4 is 20.2 Å². The van der Waals surface area contributed by atoms with Crippen LogP contribution >= 0.6 is 34.8 Å². The fourth-order valence-corrected chi connectivity index (χ4v) is 3.44. The number of halogens is 3. The third-order valence-electron chi connectivity index (χ3n) is 4.30. The Morgan fingerprint density at radius 2 is 1.76 bits per heavy atom. The van der Waals surface area contributed by atoms with E-state index in [1.165, 1.54) is 31.5 Å².